The largest absolute Gasteiger partial charge is 0.374 e. The van der Waals surface area contributed by atoms with Gasteiger partial charge in [0, 0.05) is 51.7 Å². The second-order valence-electron chi connectivity index (χ2n) is 10.5. The van der Waals surface area contributed by atoms with E-state index in [-0.39, 0.29) is 11.5 Å². The smallest absolute Gasteiger partial charge is 0.266 e. The van der Waals surface area contributed by atoms with E-state index in [1.165, 1.54) is 18.5 Å². The first kappa shape index (κ1) is 26.9. The number of alkyl halides is 2. The normalized spacial score (nSPS) is 21.9. The summed E-state index contributed by atoms with van der Waals surface area (Å²) in [6.45, 7) is 8.52. The van der Waals surface area contributed by atoms with Gasteiger partial charge in [-0.1, -0.05) is 18.2 Å². The van der Waals surface area contributed by atoms with Gasteiger partial charge in [0.25, 0.3) is 6.43 Å². The summed E-state index contributed by atoms with van der Waals surface area (Å²) in [5.41, 5.74) is 0.238. The summed E-state index contributed by atoms with van der Waals surface area (Å²) < 4.78 is 47.5. The lowest BCUT2D eigenvalue weighted by Crippen LogP contribution is -2.59. The van der Waals surface area contributed by atoms with Crippen LogP contribution in [0.3, 0.4) is 0 Å². The molecule has 3 heterocycles. The van der Waals surface area contributed by atoms with E-state index < -0.39 is 35.0 Å². The maximum atomic E-state index is 14.8. The highest BCUT2D eigenvalue weighted by Gasteiger charge is 2.48. The first-order valence-electron chi connectivity index (χ1n) is 12.3. The van der Waals surface area contributed by atoms with Gasteiger partial charge >= 0.3 is 0 Å². The second-order valence-corrected chi connectivity index (χ2v) is 10.5. The molecule has 1 saturated heterocycles. The maximum Gasteiger partial charge on any atom is 0.266 e. The average molecular weight is 518 g/mol. The van der Waals surface area contributed by atoms with E-state index in [0.29, 0.717) is 43.1 Å². The van der Waals surface area contributed by atoms with Crippen LogP contribution in [0.4, 0.5) is 24.8 Å². The van der Waals surface area contributed by atoms with Crippen LogP contribution in [0.25, 0.3) is 6.08 Å². The number of amides is 1. The van der Waals surface area contributed by atoms with E-state index in [1.807, 2.05) is 36.8 Å². The molecule has 1 aromatic heterocycles. The minimum atomic E-state index is -2.90. The number of likely N-dealkylation sites (tertiary alicyclic amines) is 1. The molecular formula is C27H34F3N5O2. The number of halogens is 3. The number of nitrogens with zero attached hydrogens (tertiary/aromatic N) is 4. The van der Waals surface area contributed by atoms with Crippen LogP contribution in [0.5, 0.6) is 0 Å². The number of aromatic nitrogens is 2. The number of carbonyl (C=O) groups is 1. The summed E-state index contributed by atoms with van der Waals surface area (Å²) in [6, 6.07) is 3.38. The molecule has 200 valence electrons. The number of piperidine rings is 1. The SMILES string of the molecule is CO[C@@]1(C2=Cc3c(N[C@H](C)c4cccc(C(F)F)c4F)ncnc3N(C)C2)CCN(C(C)=O)C(C)(C)C1. The molecule has 0 bridgehead atoms. The number of carbonyl (C=O) groups excluding carboxylic acids is 1. The number of likely N-dealkylation sites (N-methyl/N-ethyl adjacent to an activating group) is 1. The third-order valence-corrected chi connectivity index (χ3v) is 7.61. The molecule has 2 aliphatic heterocycles. The molecule has 7 nitrogen and oxygen atoms in total. The van der Waals surface area contributed by atoms with E-state index >= 15 is 0 Å². The highest BCUT2D eigenvalue weighted by atomic mass is 19.3. The molecule has 0 radical (unpaired) electrons. The van der Waals surface area contributed by atoms with E-state index in [1.54, 1.807) is 21.0 Å². The summed E-state index contributed by atoms with van der Waals surface area (Å²) in [7, 11) is 3.62. The number of rotatable bonds is 6. The lowest BCUT2D eigenvalue weighted by atomic mass is 9.73. The van der Waals surface area contributed by atoms with Crippen LogP contribution >= 0.6 is 0 Å². The van der Waals surface area contributed by atoms with Crippen molar-refractivity contribution in [3.8, 4) is 0 Å². The molecule has 37 heavy (non-hydrogen) atoms. The van der Waals surface area contributed by atoms with Crippen LogP contribution in [-0.2, 0) is 9.53 Å². The standard InChI is InChI=1S/C27H34F3N5O2/c1-16(19-8-7-9-20(22(19)28)23(29)30)33-24-21-12-18(13-34(5)25(21)32-15-31-24)27(37-6)10-11-35(17(2)36)26(3,4)14-27/h7-9,12,15-16,23H,10-11,13-14H2,1-6H3,(H,31,32,33)/t16-,27+/m1/s1. The molecule has 1 N–H and O–H groups in total. The summed E-state index contributed by atoms with van der Waals surface area (Å²) in [5, 5.41) is 3.21. The Morgan fingerprint density at radius 3 is 2.54 bits per heavy atom. The zero-order valence-corrected chi connectivity index (χ0v) is 22.1. The van der Waals surface area contributed by atoms with E-state index in [2.05, 4.69) is 15.3 Å². The van der Waals surface area contributed by atoms with Gasteiger partial charge in [0.2, 0.25) is 5.91 Å². The van der Waals surface area contributed by atoms with Crippen molar-refractivity contribution in [2.24, 2.45) is 0 Å². The molecule has 0 saturated carbocycles. The number of benzene rings is 1. The van der Waals surface area contributed by atoms with Gasteiger partial charge in [-0.3, -0.25) is 4.79 Å². The summed E-state index contributed by atoms with van der Waals surface area (Å²) in [5.74, 6) is 0.274. The number of ether oxygens (including phenoxy) is 1. The Bertz CT molecular complexity index is 1220. The van der Waals surface area contributed by atoms with Gasteiger partial charge in [-0.2, -0.15) is 0 Å². The van der Waals surface area contributed by atoms with E-state index in [9.17, 15) is 18.0 Å². The third-order valence-electron chi connectivity index (χ3n) is 7.61. The molecule has 2 aromatic rings. The fourth-order valence-electron chi connectivity index (χ4n) is 5.76. The average Bonchev–Trinajstić information content (AvgIpc) is 2.83. The molecule has 0 unspecified atom stereocenters. The van der Waals surface area contributed by atoms with Crippen LogP contribution in [0, 0.1) is 5.82 Å². The van der Waals surface area contributed by atoms with Crippen molar-refractivity contribution in [2.45, 2.75) is 64.1 Å². The monoisotopic (exact) mass is 517 g/mol. The molecule has 0 spiro atoms. The Hall–Kier alpha value is -3.14. The molecule has 10 heteroatoms. The predicted octanol–water partition coefficient (Wildman–Crippen LogP) is 5.37. The molecule has 4 rings (SSSR count). The number of anilines is 2. The van der Waals surface area contributed by atoms with Crippen LogP contribution in [0.15, 0.2) is 30.1 Å². The zero-order chi connectivity index (χ0) is 27.1. The van der Waals surface area contributed by atoms with Crippen molar-refractivity contribution in [2.75, 3.05) is 37.5 Å². The maximum absolute atomic E-state index is 14.8. The van der Waals surface area contributed by atoms with Gasteiger partial charge in [0.15, 0.2) is 0 Å². The minimum absolute atomic E-state index is 0.0341. The third kappa shape index (κ3) is 4.91. The Morgan fingerprint density at radius 2 is 1.92 bits per heavy atom. The van der Waals surface area contributed by atoms with Crippen molar-refractivity contribution in [3.05, 3.63) is 52.6 Å². The van der Waals surface area contributed by atoms with E-state index in [4.69, 9.17) is 4.74 Å². The number of nitrogens with one attached hydrogen (secondary N) is 1. The van der Waals surface area contributed by atoms with Gasteiger partial charge in [-0.05, 0) is 38.8 Å². The molecule has 1 aromatic carbocycles. The van der Waals surface area contributed by atoms with Crippen LogP contribution in [0.2, 0.25) is 0 Å². The van der Waals surface area contributed by atoms with Crippen LogP contribution < -0.4 is 10.2 Å². The van der Waals surface area contributed by atoms with Gasteiger partial charge in [0.05, 0.1) is 22.8 Å². The fraction of sp³-hybridized carbons (Fsp3) is 0.519. The predicted molar refractivity (Wildman–Crippen MR) is 137 cm³/mol. The zero-order valence-electron chi connectivity index (χ0n) is 22.1. The fourth-order valence-corrected chi connectivity index (χ4v) is 5.76. The van der Waals surface area contributed by atoms with Crippen LogP contribution in [0.1, 0.15) is 69.7 Å². The van der Waals surface area contributed by atoms with Gasteiger partial charge in [0.1, 0.15) is 23.8 Å². The van der Waals surface area contributed by atoms with E-state index in [0.717, 1.165) is 11.6 Å². The molecule has 2 atom stereocenters. The minimum Gasteiger partial charge on any atom is -0.374 e. The number of hydrogen-bond acceptors (Lipinski definition) is 6. The Balaban J connectivity index is 1.71. The van der Waals surface area contributed by atoms with Crippen molar-refractivity contribution >= 4 is 23.6 Å². The van der Waals surface area contributed by atoms with Gasteiger partial charge < -0.3 is 19.9 Å². The molecule has 1 fully saturated rings. The first-order valence-corrected chi connectivity index (χ1v) is 12.3. The lowest BCUT2D eigenvalue weighted by molar-refractivity contribution is -0.144. The molecule has 2 aliphatic rings. The highest BCUT2D eigenvalue weighted by Crippen LogP contribution is 2.45. The van der Waals surface area contributed by atoms with Crippen molar-refractivity contribution in [1.82, 2.24) is 14.9 Å². The Kier molecular flexibility index (Phi) is 7.25. The van der Waals surface area contributed by atoms with Crippen molar-refractivity contribution in [1.29, 1.82) is 0 Å². The quantitative estimate of drug-likeness (QED) is 0.556. The molecule has 1 amide bonds. The highest BCUT2D eigenvalue weighted by molar-refractivity contribution is 5.79. The van der Waals surface area contributed by atoms with Gasteiger partial charge in [-0.25, -0.2) is 23.1 Å². The number of methoxy groups -OCH3 is 1. The van der Waals surface area contributed by atoms with Gasteiger partial charge in [-0.15, -0.1) is 0 Å². The summed E-state index contributed by atoms with van der Waals surface area (Å²) in [4.78, 5) is 25.0. The summed E-state index contributed by atoms with van der Waals surface area (Å²) in [6.07, 6.45) is 1.79. The number of fused-ring (bicyclic) bond motifs is 1. The first-order chi connectivity index (χ1) is 17.4. The van der Waals surface area contributed by atoms with Crippen LogP contribution in [-0.4, -0.2) is 59.2 Å². The van der Waals surface area contributed by atoms with Crippen molar-refractivity contribution in [3.63, 3.8) is 0 Å². The van der Waals surface area contributed by atoms with Crippen molar-refractivity contribution < 1.29 is 22.7 Å². The number of hydrogen-bond donors (Lipinski definition) is 1. The molecule has 0 aliphatic carbocycles. The lowest BCUT2D eigenvalue weighted by Gasteiger charge is -2.52. The Labute approximate surface area is 215 Å². The summed E-state index contributed by atoms with van der Waals surface area (Å²) >= 11 is 0. The molecular weight excluding hydrogens is 483 g/mol. The second kappa shape index (κ2) is 9.96. The Morgan fingerprint density at radius 1 is 1.22 bits per heavy atom. The topological polar surface area (TPSA) is 70.6 Å².